The van der Waals surface area contributed by atoms with E-state index in [4.69, 9.17) is 39.5 Å². The quantitative estimate of drug-likeness (QED) is 0.257. The van der Waals surface area contributed by atoms with Gasteiger partial charge in [0.25, 0.3) is 11.8 Å². The highest BCUT2D eigenvalue weighted by Gasteiger charge is 2.24. The van der Waals surface area contributed by atoms with Gasteiger partial charge >= 0.3 is 0 Å². The molecule has 2 amide bonds. The number of hydrogen-bond acceptors (Lipinski definition) is 4. The van der Waals surface area contributed by atoms with E-state index in [1.165, 1.54) is 24.4 Å². The molecule has 3 aromatic rings. The summed E-state index contributed by atoms with van der Waals surface area (Å²) in [6, 6.07) is 18.4. The molecule has 0 radical (unpaired) electrons. The van der Waals surface area contributed by atoms with E-state index in [0.717, 1.165) is 5.56 Å². The number of hydrazone groups is 1. The Balaban J connectivity index is 1.63. The molecular weight excluding hydrogens is 509 g/mol. The van der Waals surface area contributed by atoms with Crippen molar-refractivity contribution in [3.05, 3.63) is 98.5 Å². The van der Waals surface area contributed by atoms with Crippen molar-refractivity contribution in [1.29, 1.82) is 0 Å². The van der Waals surface area contributed by atoms with Crippen molar-refractivity contribution in [2.45, 2.75) is 26.5 Å². The number of halogens is 3. The molecule has 6 nitrogen and oxygen atoms in total. The second-order valence-electron chi connectivity index (χ2n) is 8.01. The van der Waals surface area contributed by atoms with Crippen LogP contribution in [0.3, 0.4) is 0 Å². The lowest BCUT2D eigenvalue weighted by Crippen LogP contribution is -2.48. The lowest BCUT2D eigenvalue weighted by atomic mass is 10.0. The van der Waals surface area contributed by atoms with E-state index in [1.807, 2.05) is 50.2 Å². The summed E-state index contributed by atoms with van der Waals surface area (Å²) in [5.74, 6) is -0.479. The molecule has 1 atom stereocenters. The van der Waals surface area contributed by atoms with Gasteiger partial charge in [-0.15, -0.1) is 0 Å². The summed E-state index contributed by atoms with van der Waals surface area (Å²) >= 11 is 17.8. The second-order valence-corrected chi connectivity index (χ2v) is 9.26. The highest BCUT2D eigenvalue weighted by atomic mass is 35.5. The van der Waals surface area contributed by atoms with Gasteiger partial charge in [0.2, 0.25) is 0 Å². The van der Waals surface area contributed by atoms with Crippen LogP contribution in [0.15, 0.2) is 71.8 Å². The minimum atomic E-state index is -0.814. The minimum Gasteiger partial charge on any atom is -0.488 e. The zero-order chi connectivity index (χ0) is 25.4. The van der Waals surface area contributed by atoms with E-state index < -0.39 is 17.9 Å². The van der Waals surface area contributed by atoms with Crippen LogP contribution in [-0.4, -0.2) is 24.1 Å². The number of nitrogens with zero attached hydrogens (tertiary/aromatic N) is 1. The van der Waals surface area contributed by atoms with Gasteiger partial charge in [0.1, 0.15) is 18.4 Å². The van der Waals surface area contributed by atoms with Crippen LogP contribution >= 0.6 is 34.8 Å². The number of nitrogens with one attached hydrogen (secondary N) is 2. The van der Waals surface area contributed by atoms with Gasteiger partial charge in [-0.1, -0.05) is 72.9 Å². The Morgan fingerprint density at radius 1 is 0.971 bits per heavy atom. The van der Waals surface area contributed by atoms with E-state index >= 15 is 0 Å². The first kappa shape index (κ1) is 26.5. The fourth-order valence-corrected chi connectivity index (χ4v) is 3.52. The van der Waals surface area contributed by atoms with Crippen LogP contribution in [0.1, 0.15) is 35.3 Å². The summed E-state index contributed by atoms with van der Waals surface area (Å²) in [4.78, 5) is 25.4. The standard InChI is InChI=1S/C26H24Cl3N3O3/c1-16(2)24(31-25(33)18-9-12-21(28)22(29)13-18)26(34)32-30-14-19-5-3-4-6-23(19)35-15-17-7-10-20(27)11-8-17/h3-14,16,24H,15H2,1-2H3,(H,31,33)(H,32,34). The van der Waals surface area contributed by atoms with Crippen LogP contribution in [0.5, 0.6) is 5.75 Å². The third-order valence-corrected chi connectivity index (χ3v) is 6.01. The van der Waals surface area contributed by atoms with Crippen LogP contribution in [0.4, 0.5) is 0 Å². The Kier molecular flexibility index (Phi) is 9.55. The van der Waals surface area contributed by atoms with E-state index in [0.29, 0.717) is 33.5 Å². The topological polar surface area (TPSA) is 79.8 Å². The summed E-state index contributed by atoms with van der Waals surface area (Å²) in [5, 5.41) is 8.04. The fourth-order valence-electron chi connectivity index (χ4n) is 3.09. The summed E-state index contributed by atoms with van der Waals surface area (Å²) in [6.45, 7) is 4.00. The van der Waals surface area contributed by atoms with Gasteiger partial charge in [0, 0.05) is 16.1 Å². The van der Waals surface area contributed by atoms with Crippen LogP contribution in [0, 0.1) is 5.92 Å². The van der Waals surface area contributed by atoms with Crippen molar-refractivity contribution in [1.82, 2.24) is 10.7 Å². The molecule has 35 heavy (non-hydrogen) atoms. The van der Waals surface area contributed by atoms with Gasteiger partial charge in [0.15, 0.2) is 0 Å². The van der Waals surface area contributed by atoms with Gasteiger partial charge < -0.3 is 10.1 Å². The first-order chi connectivity index (χ1) is 16.7. The number of rotatable bonds is 9. The normalized spacial score (nSPS) is 11.9. The van der Waals surface area contributed by atoms with Crippen molar-refractivity contribution in [3.63, 3.8) is 0 Å². The molecule has 9 heteroatoms. The number of amides is 2. The largest absolute Gasteiger partial charge is 0.488 e. The monoisotopic (exact) mass is 531 g/mol. The van der Waals surface area contributed by atoms with E-state index in [1.54, 1.807) is 12.1 Å². The molecule has 0 aromatic heterocycles. The molecule has 1 unspecified atom stereocenters. The average Bonchev–Trinajstić information content (AvgIpc) is 2.84. The number of para-hydroxylation sites is 1. The number of carbonyl (C=O) groups is 2. The zero-order valence-corrected chi connectivity index (χ0v) is 21.4. The van der Waals surface area contributed by atoms with E-state index in [-0.39, 0.29) is 10.9 Å². The van der Waals surface area contributed by atoms with Gasteiger partial charge in [-0.25, -0.2) is 5.43 Å². The Morgan fingerprint density at radius 3 is 2.37 bits per heavy atom. The molecule has 3 rings (SSSR count). The number of carbonyl (C=O) groups excluding carboxylic acids is 2. The van der Waals surface area contributed by atoms with Crippen LogP contribution in [-0.2, 0) is 11.4 Å². The van der Waals surface area contributed by atoms with Crippen molar-refractivity contribution in [3.8, 4) is 5.75 Å². The molecule has 0 aliphatic carbocycles. The third kappa shape index (κ3) is 7.72. The highest BCUT2D eigenvalue weighted by Crippen LogP contribution is 2.23. The summed E-state index contributed by atoms with van der Waals surface area (Å²) < 4.78 is 5.90. The summed E-state index contributed by atoms with van der Waals surface area (Å²) in [6.07, 6.45) is 1.49. The molecule has 0 saturated carbocycles. The molecule has 182 valence electrons. The third-order valence-electron chi connectivity index (χ3n) is 5.02. The molecular formula is C26H24Cl3N3O3. The first-order valence-electron chi connectivity index (χ1n) is 10.8. The molecule has 2 N–H and O–H groups in total. The summed E-state index contributed by atoms with van der Waals surface area (Å²) in [7, 11) is 0. The van der Waals surface area contributed by atoms with Gasteiger partial charge in [0.05, 0.1) is 16.3 Å². The maximum atomic E-state index is 12.8. The van der Waals surface area contributed by atoms with Gasteiger partial charge in [-0.2, -0.15) is 5.10 Å². The predicted molar refractivity (Wildman–Crippen MR) is 141 cm³/mol. The Labute approximate surface area is 219 Å². The SMILES string of the molecule is CC(C)C(NC(=O)c1ccc(Cl)c(Cl)c1)C(=O)NN=Cc1ccccc1OCc1ccc(Cl)cc1. The zero-order valence-electron chi connectivity index (χ0n) is 19.1. The van der Waals surface area contributed by atoms with Crippen molar-refractivity contribution < 1.29 is 14.3 Å². The van der Waals surface area contributed by atoms with Gasteiger partial charge in [-0.3, -0.25) is 9.59 Å². The predicted octanol–water partition coefficient (Wildman–Crippen LogP) is 6.13. The van der Waals surface area contributed by atoms with Gasteiger partial charge in [-0.05, 0) is 53.9 Å². The molecule has 0 aliphatic heterocycles. The molecule has 0 fully saturated rings. The number of hydrogen-bond donors (Lipinski definition) is 2. The Bertz CT molecular complexity index is 1210. The lowest BCUT2D eigenvalue weighted by molar-refractivity contribution is -0.123. The maximum absolute atomic E-state index is 12.8. The molecule has 0 heterocycles. The second kappa shape index (κ2) is 12.6. The maximum Gasteiger partial charge on any atom is 0.262 e. The molecule has 0 bridgehead atoms. The van der Waals surface area contributed by atoms with E-state index in [2.05, 4.69) is 15.8 Å². The van der Waals surface area contributed by atoms with Crippen LogP contribution in [0.25, 0.3) is 0 Å². The van der Waals surface area contributed by atoms with Crippen molar-refractivity contribution >= 4 is 52.8 Å². The Morgan fingerprint density at radius 2 is 1.69 bits per heavy atom. The van der Waals surface area contributed by atoms with Crippen LogP contribution < -0.4 is 15.5 Å². The summed E-state index contributed by atoms with van der Waals surface area (Å²) in [5.41, 5.74) is 4.44. The lowest BCUT2D eigenvalue weighted by Gasteiger charge is -2.20. The molecule has 0 saturated heterocycles. The number of ether oxygens (including phenoxy) is 1. The molecule has 0 aliphatic rings. The molecule has 0 spiro atoms. The average molecular weight is 533 g/mol. The smallest absolute Gasteiger partial charge is 0.262 e. The minimum absolute atomic E-state index is 0.188. The molecule has 3 aromatic carbocycles. The van der Waals surface area contributed by atoms with Crippen molar-refractivity contribution in [2.24, 2.45) is 11.0 Å². The first-order valence-corrected chi connectivity index (χ1v) is 11.9. The van der Waals surface area contributed by atoms with Crippen LogP contribution in [0.2, 0.25) is 15.1 Å². The number of benzene rings is 3. The van der Waals surface area contributed by atoms with E-state index in [9.17, 15) is 9.59 Å². The highest BCUT2D eigenvalue weighted by molar-refractivity contribution is 6.42. The fraction of sp³-hybridized carbons (Fsp3) is 0.192. The van der Waals surface area contributed by atoms with Crippen molar-refractivity contribution in [2.75, 3.05) is 0 Å². The Hall–Kier alpha value is -3.06.